The minimum atomic E-state index is -3.70. The monoisotopic (exact) mass is 460 g/mol. The predicted molar refractivity (Wildman–Crippen MR) is 117 cm³/mol. The highest BCUT2D eigenvalue weighted by Crippen LogP contribution is 2.31. The number of benzene rings is 1. The zero-order chi connectivity index (χ0) is 22.0. The summed E-state index contributed by atoms with van der Waals surface area (Å²) >= 11 is 1.12. The lowest BCUT2D eigenvalue weighted by Crippen LogP contribution is -2.45. The molecule has 1 aliphatic heterocycles. The Morgan fingerprint density at radius 3 is 2.90 bits per heavy atom. The van der Waals surface area contributed by atoms with Gasteiger partial charge in [0.05, 0.1) is 5.92 Å². The lowest BCUT2D eigenvalue weighted by atomic mass is 9.98. The van der Waals surface area contributed by atoms with Gasteiger partial charge in [-0.3, -0.25) is 4.79 Å². The molecule has 31 heavy (non-hydrogen) atoms. The van der Waals surface area contributed by atoms with Gasteiger partial charge in [-0.2, -0.15) is 9.29 Å². The molecule has 0 bridgehead atoms. The Bertz CT molecular complexity index is 1190. The van der Waals surface area contributed by atoms with Crippen molar-refractivity contribution in [3.63, 3.8) is 0 Å². The van der Waals surface area contributed by atoms with Crippen LogP contribution in [0.1, 0.15) is 29.9 Å². The number of nitrogens with zero attached hydrogens (tertiary/aromatic N) is 3. The largest absolute Gasteiger partial charge is 0.352 e. The van der Waals surface area contributed by atoms with Crippen molar-refractivity contribution < 1.29 is 17.7 Å². The first-order valence-corrected chi connectivity index (χ1v) is 12.4. The van der Waals surface area contributed by atoms with E-state index in [1.807, 2.05) is 31.2 Å². The predicted octanol–water partition coefficient (Wildman–Crippen LogP) is 3.13. The Balaban J connectivity index is 1.42. The molecular weight excluding hydrogens is 436 g/mol. The first kappa shape index (κ1) is 21.7. The van der Waals surface area contributed by atoms with Gasteiger partial charge in [0, 0.05) is 37.5 Å². The normalized spacial score (nSPS) is 17.5. The summed E-state index contributed by atoms with van der Waals surface area (Å²) < 4.78 is 32.9. The average molecular weight is 461 g/mol. The molecule has 1 aromatic carbocycles. The molecule has 2 aromatic heterocycles. The maximum Gasteiger partial charge on any atom is 0.252 e. The van der Waals surface area contributed by atoms with Crippen LogP contribution in [-0.4, -0.2) is 41.9 Å². The summed E-state index contributed by atoms with van der Waals surface area (Å²) in [6, 6.07) is 9.51. The van der Waals surface area contributed by atoms with Gasteiger partial charge < -0.3 is 9.84 Å². The molecule has 8 nitrogen and oxygen atoms in total. The van der Waals surface area contributed by atoms with Crippen molar-refractivity contribution in [1.82, 2.24) is 19.8 Å². The number of aromatic nitrogens is 2. The van der Waals surface area contributed by atoms with Crippen LogP contribution in [0.15, 0.2) is 44.4 Å². The number of rotatable bonds is 6. The van der Waals surface area contributed by atoms with Crippen molar-refractivity contribution >= 4 is 27.3 Å². The molecule has 1 atom stereocenters. The number of carbonyl (C=O) groups is 1. The molecule has 1 saturated heterocycles. The number of hydrogen-bond donors (Lipinski definition) is 1. The summed E-state index contributed by atoms with van der Waals surface area (Å²) in [6.07, 6.45) is 1.31. The topological polar surface area (TPSA) is 105 Å². The molecule has 1 unspecified atom stereocenters. The van der Waals surface area contributed by atoms with E-state index in [4.69, 9.17) is 4.52 Å². The van der Waals surface area contributed by atoms with E-state index >= 15 is 0 Å². The van der Waals surface area contributed by atoms with Crippen LogP contribution in [0.4, 0.5) is 0 Å². The fourth-order valence-corrected chi connectivity index (χ4v) is 6.48. The maximum atomic E-state index is 13.2. The Morgan fingerprint density at radius 1 is 1.32 bits per heavy atom. The van der Waals surface area contributed by atoms with Gasteiger partial charge in [-0.25, -0.2) is 8.42 Å². The van der Waals surface area contributed by atoms with Gasteiger partial charge in [0.15, 0.2) is 0 Å². The molecule has 164 valence electrons. The summed E-state index contributed by atoms with van der Waals surface area (Å²) in [5.74, 6) is 0.298. The first-order chi connectivity index (χ1) is 14.8. The first-order valence-electron chi connectivity index (χ1n) is 10.1. The fourth-order valence-electron chi connectivity index (χ4n) is 3.64. The van der Waals surface area contributed by atoms with Gasteiger partial charge in [-0.05, 0) is 31.4 Å². The fraction of sp³-hybridized carbons (Fsp3) is 0.381. The molecule has 1 fully saturated rings. The van der Waals surface area contributed by atoms with Crippen LogP contribution in [0.5, 0.6) is 0 Å². The minimum absolute atomic E-state index is 0.115. The van der Waals surface area contributed by atoms with E-state index in [1.54, 1.807) is 18.4 Å². The molecule has 0 spiro atoms. The molecule has 1 N–H and O–H groups in total. The third-order valence-corrected chi connectivity index (χ3v) is 8.54. The molecule has 1 aliphatic rings. The number of sulfonamides is 1. The molecular formula is C21H24N4O4S2. The Kier molecular flexibility index (Phi) is 6.22. The highest BCUT2D eigenvalue weighted by Gasteiger charge is 2.34. The summed E-state index contributed by atoms with van der Waals surface area (Å²) in [5, 5.41) is 8.49. The van der Waals surface area contributed by atoms with Gasteiger partial charge in [0.25, 0.3) is 10.0 Å². The summed E-state index contributed by atoms with van der Waals surface area (Å²) in [5.41, 5.74) is 2.76. The summed E-state index contributed by atoms with van der Waals surface area (Å²) in [4.78, 5) is 16.8. The molecule has 0 saturated carbocycles. The zero-order valence-corrected chi connectivity index (χ0v) is 19.0. The van der Waals surface area contributed by atoms with E-state index in [0.717, 1.165) is 22.5 Å². The molecule has 4 rings (SSSR count). The smallest absolute Gasteiger partial charge is 0.252 e. The van der Waals surface area contributed by atoms with Crippen molar-refractivity contribution in [2.45, 2.75) is 37.4 Å². The second-order valence-corrected chi connectivity index (χ2v) is 10.8. The Morgan fingerprint density at radius 2 is 2.16 bits per heavy atom. The molecule has 0 aliphatic carbocycles. The van der Waals surface area contributed by atoms with Crippen molar-refractivity contribution in [1.29, 1.82) is 0 Å². The number of aryl methyl sites for hydroxylation is 2. The lowest BCUT2D eigenvalue weighted by Gasteiger charge is -2.30. The van der Waals surface area contributed by atoms with Gasteiger partial charge in [0.1, 0.15) is 4.21 Å². The van der Waals surface area contributed by atoms with E-state index in [-0.39, 0.29) is 22.6 Å². The number of piperidine rings is 1. The van der Waals surface area contributed by atoms with Crippen LogP contribution >= 0.6 is 11.3 Å². The number of amides is 1. The lowest BCUT2D eigenvalue weighted by molar-refractivity contribution is -0.126. The molecule has 10 heteroatoms. The van der Waals surface area contributed by atoms with Crippen molar-refractivity contribution in [3.8, 4) is 11.4 Å². The van der Waals surface area contributed by atoms with E-state index in [0.29, 0.717) is 43.2 Å². The summed E-state index contributed by atoms with van der Waals surface area (Å²) in [7, 11) is -3.70. The van der Waals surface area contributed by atoms with Crippen LogP contribution in [0.25, 0.3) is 11.4 Å². The van der Waals surface area contributed by atoms with Crippen molar-refractivity contribution in [2.75, 3.05) is 13.1 Å². The third kappa shape index (κ3) is 4.86. The highest BCUT2D eigenvalue weighted by atomic mass is 32.2. The summed E-state index contributed by atoms with van der Waals surface area (Å²) in [6.45, 7) is 4.70. The van der Waals surface area contributed by atoms with Crippen LogP contribution in [-0.2, 0) is 21.4 Å². The van der Waals surface area contributed by atoms with Gasteiger partial charge in [0.2, 0.25) is 17.6 Å². The number of carbonyl (C=O) groups excluding carboxylic acids is 1. The number of thiophene rings is 1. The highest BCUT2D eigenvalue weighted by molar-refractivity contribution is 7.91. The van der Waals surface area contributed by atoms with Gasteiger partial charge in [-0.15, -0.1) is 11.3 Å². The Labute approximate surface area is 185 Å². The minimum Gasteiger partial charge on any atom is -0.352 e. The quantitative estimate of drug-likeness (QED) is 0.606. The van der Waals surface area contributed by atoms with Crippen molar-refractivity contribution in [3.05, 3.63) is 52.7 Å². The molecule has 3 heterocycles. The van der Waals surface area contributed by atoms with Crippen LogP contribution < -0.4 is 5.32 Å². The second-order valence-electron chi connectivity index (χ2n) is 7.70. The van der Waals surface area contributed by atoms with Crippen LogP contribution in [0.3, 0.4) is 0 Å². The van der Waals surface area contributed by atoms with Gasteiger partial charge in [-0.1, -0.05) is 35.0 Å². The molecule has 3 aromatic rings. The molecule has 1 amide bonds. The van der Waals surface area contributed by atoms with Crippen molar-refractivity contribution in [2.24, 2.45) is 5.92 Å². The SMILES string of the molecule is Cc1cccc(CNC(=O)C2CCCN(S(=O)(=O)c3cc(-c4noc(C)n4)cs3)C2)c1. The second kappa shape index (κ2) is 8.89. The standard InChI is InChI=1S/C21H24N4O4S2/c1-14-5-3-6-16(9-14)11-22-21(26)17-7-4-8-25(12-17)31(27,28)19-10-18(13-30-19)20-23-15(2)29-24-20/h3,5-6,9-10,13,17H,4,7-8,11-12H2,1-2H3,(H,22,26). The van der Waals surface area contributed by atoms with E-state index in [2.05, 4.69) is 15.5 Å². The Hall–Kier alpha value is -2.56. The van der Waals surface area contributed by atoms with E-state index < -0.39 is 10.0 Å². The third-order valence-electron chi connectivity index (χ3n) is 5.26. The number of nitrogens with one attached hydrogen (secondary N) is 1. The average Bonchev–Trinajstić information content (AvgIpc) is 3.42. The van der Waals surface area contributed by atoms with E-state index in [9.17, 15) is 13.2 Å². The van der Waals surface area contributed by atoms with Crippen LogP contribution in [0, 0.1) is 19.8 Å². The molecule has 0 radical (unpaired) electrons. The number of hydrogen-bond acceptors (Lipinski definition) is 7. The van der Waals surface area contributed by atoms with Crippen LogP contribution in [0.2, 0.25) is 0 Å². The zero-order valence-electron chi connectivity index (χ0n) is 17.4. The maximum absolute atomic E-state index is 13.2. The van der Waals surface area contributed by atoms with E-state index in [1.165, 1.54) is 4.31 Å². The van der Waals surface area contributed by atoms with Gasteiger partial charge >= 0.3 is 0 Å².